The molecule has 32 heavy (non-hydrogen) atoms. The van der Waals surface area contributed by atoms with Crippen LogP contribution in [0.1, 0.15) is 24.2 Å². The number of hydrogen-bond acceptors (Lipinski definition) is 8. The Morgan fingerprint density at radius 2 is 1.81 bits per heavy atom. The Hall–Kier alpha value is -2.63. The molecule has 0 radical (unpaired) electrons. The number of amides is 1. The quantitative estimate of drug-likeness (QED) is 0.574. The Bertz CT molecular complexity index is 669. The normalized spacial score (nSPS) is 19.1. The van der Waals surface area contributed by atoms with E-state index in [1.54, 1.807) is 7.11 Å². The van der Waals surface area contributed by atoms with Crippen molar-refractivity contribution in [2.75, 3.05) is 59.5 Å². The molecule has 1 aromatic heterocycles. The molecule has 2 fully saturated rings. The van der Waals surface area contributed by atoms with Crippen LogP contribution in [0.25, 0.3) is 0 Å². The van der Waals surface area contributed by atoms with Crippen LogP contribution in [-0.2, 0) is 25.7 Å². The summed E-state index contributed by atoms with van der Waals surface area (Å²) in [6.07, 6.45) is 5.67. The Kier molecular flexibility index (Phi) is 13.8. The number of aromatic nitrogens is 2. The number of carboxylic acid groups (broad SMARTS) is 2. The highest BCUT2D eigenvalue weighted by Crippen LogP contribution is 2.19. The van der Waals surface area contributed by atoms with Gasteiger partial charge in [-0.3, -0.25) is 29.3 Å². The molecule has 3 heterocycles. The molecule has 2 aliphatic heterocycles. The summed E-state index contributed by atoms with van der Waals surface area (Å²) >= 11 is 0. The smallest absolute Gasteiger partial charge is 0.290 e. The average molecular weight is 454 g/mol. The molecule has 1 aromatic rings. The molecular weight excluding hydrogens is 418 g/mol. The predicted octanol–water partition coefficient (Wildman–Crippen LogP) is 0.189. The monoisotopic (exact) mass is 453 g/mol. The van der Waals surface area contributed by atoms with Crippen LogP contribution in [0, 0.1) is 12.8 Å². The summed E-state index contributed by atoms with van der Waals surface area (Å²) in [5.41, 5.74) is 1.94. The Morgan fingerprint density at radius 3 is 2.44 bits per heavy atom. The van der Waals surface area contributed by atoms with Crippen LogP contribution in [0.3, 0.4) is 0 Å². The maximum absolute atomic E-state index is 12.9. The van der Waals surface area contributed by atoms with Crippen molar-refractivity contribution in [3.63, 3.8) is 0 Å². The van der Waals surface area contributed by atoms with Crippen molar-refractivity contribution in [2.45, 2.75) is 26.3 Å². The maximum atomic E-state index is 12.9. The second-order valence-corrected chi connectivity index (χ2v) is 7.59. The highest BCUT2D eigenvalue weighted by molar-refractivity contribution is 5.79. The zero-order valence-electron chi connectivity index (χ0n) is 18.9. The molecule has 1 amide bonds. The lowest BCUT2D eigenvalue weighted by molar-refractivity contribution is -0.135. The van der Waals surface area contributed by atoms with Crippen LogP contribution in [0.15, 0.2) is 12.4 Å². The van der Waals surface area contributed by atoms with E-state index in [-0.39, 0.29) is 18.9 Å². The molecule has 0 aromatic carbocycles. The van der Waals surface area contributed by atoms with Crippen LogP contribution >= 0.6 is 0 Å². The van der Waals surface area contributed by atoms with Crippen molar-refractivity contribution in [2.24, 2.45) is 5.92 Å². The molecule has 180 valence electrons. The molecule has 11 nitrogen and oxygen atoms in total. The van der Waals surface area contributed by atoms with Gasteiger partial charge in [0, 0.05) is 65.3 Å². The fourth-order valence-corrected chi connectivity index (χ4v) is 3.80. The van der Waals surface area contributed by atoms with E-state index in [1.807, 2.05) is 19.3 Å². The van der Waals surface area contributed by atoms with Gasteiger partial charge in [0.2, 0.25) is 5.91 Å². The maximum Gasteiger partial charge on any atom is 0.290 e. The minimum atomic E-state index is -0.250. The number of ether oxygens (including phenoxy) is 1. The highest BCUT2D eigenvalue weighted by Gasteiger charge is 2.31. The van der Waals surface area contributed by atoms with E-state index in [1.165, 1.54) is 0 Å². The number of methoxy groups -OCH3 is 1. The lowest BCUT2D eigenvalue weighted by Gasteiger charge is -2.24. The summed E-state index contributed by atoms with van der Waals surface area (Å²) in [6, 6.07) is 0. The lowest BCUT2D eigenvalue weighted by atomic mass is 10.1. The van der Waals surface area contributed by atoms with Crippen LogP contribution in [0.4, 0.5) is 0 Å². The SMILES string of the molecule is COCCN1CCC(C(=O)N2CCCN(Cc3cnc(C)cn3)CC2)C1.O=CO.O=CO. The predicted molar refractivity (Wildman–Crippen MR) is 117 cm³/mol. The van der Waals surface area contributed by atoms with Crippen molar-refractivity contribution in [3.8, 4) is 0 Å². The molecule has 1 unspecified atom stereocenters. The second kappa shape index (κ2) is 16.1. The summed E-state index contributed by atoms with van der Waals surface area (Å²) in [7, 11) is 1.73. The molecule has 2 saturated heterocycles. The van der Waals surface area contributed by atoms with E-state index in [9.17, 15) is 4.79 Å². The van der Waals surface area contributed by atoms with Crippen molar-refractivity contribution < 1.29 is 29.3 Å². The number of carbonyl (C=O) groups excluding carboxylic acids is 1. The van der Waals surface area contributed by atoms with Gasteiger partial charge in [-0.15, -0.1) is 0 Å². The van der Waals surface area contributed by atoms with Gasteiger partial charge in [-0.1, -0.05) is 0 Å². The number of aryl methyl sites for hydroxylation is 1. The molecule has 1 atom stereocenters. The minimum absolute atomic E-state index is 0.154. The molecule has 2 aliphatic rings. The van der Waals surface area contributed by atoms with Crippen LogP contribution < -0.4 is 0 Å². The summed E-state index contributed by atoms with van der Waals surface area (Å²) in [5.74, 6) is 0.489. The van der Waals surface area contributed by atoms with Gasteiger partial charge in [0.05, 0.1) is 23.9 Å². The van der Waals surface area contributed by atoms with E-state index >= 15 is 0 Å². The van der Waals surface area contributed by atoms with Crippen molar-refractivity contribution in [1.29, 1.82) is 0 Å². The molecule has 11 heteroatoms. The van der Waals surface area contributed by atoms with Crippen molar-refractivity contribution in [1.82, 2.24) is 24.7 Å². The van der Waals surface area contributed by atoms with Crippen LogP contribution in [0.2, 0.25) is 0 Å². The average Bonchev–Trinajstić information content (AvgIpc) is 3.13. The van der Waals surface area contributed by atoms with Gasteiger partial charge in [-0.2, -0.15) is 0 Å². The second-order valence-electron chi connectivity index (χ2n) is 7.59. The first-order chi connectivity index (χ1) is 15.5. The standard InChI is InChI=1S/C19H31N5O2.2CH2O2/c1-16-12-21-18(13-20-16)15-22-5-3-6-24(9-8-22)19(25)17-4-7-23(14-17)10-11-26-2;2*2-1-3/h12-13,17H,3-11,14-15H2,1-2H3;2*1H,(H,2,3). The molecule has 3 rings (SSSR count). The number of rotatable bonds is 6. The fourth-order valence-electron chi connectivity index (χ4n) is 3.80. The van der Waals surface area contributed by atoms with E-state index in [0.29, 0.717) is 5.91 Å². The van der Waals surface area contributed by atoms with Crippen molar-refractivity contribution in [3.05, 3.63) is 23.8 Å². The first kappa shape index (κ1) is 27.4. The Morgan fingerprint density at radius 1 is 1.09 bits per heavy atom. The largest absolute Gasteiger partial charge is 0.483 e. The summed E-state index contributed by atoms with van der Waals surface area (Å²) < 4.78 is 5.15. The van der Waals surface area contributed by atoms with Gasteiger partial charge in [-0.05, 0) is 26.3 Å². The Labute approximate surface area is 189 Å². The summed E-state index contributed by atoms with van der Waals surface area (Å²) in [5, 5.41) is 13.8. The molecule has 0 bridgehead atoms. The van der Waals surface area contributed by atoms with Gasteiger partial charge < -0.3 is 24.7 Å². The summed E-state index contributed by atoms with van der Waals surface area (Å²) in [4.78, 5) is 45.2. The number of hydrogen-bond donors (Lipinski definition) is 2. The lowest BCUT2D eigenvalue weighted by Crippen LogP contribution is -2.40. The third-order valence-corrected chi connectivity index (χ3v) is 5.35. The molecule has 0 spiro atoms. The molecule has 0 aliphatic carbocycles. The van der Waals surface area contributed by atoms with Gasteiger partial charge in [0.25, 0.3) is 12.9 Å². The van der Waals surface area contributed by atoms with Crippen LogP contribution in [0.5, 0.6) is 0 Å². The van der Waals surface area contributed by atoms with E-state index in [0.717, 1.165) is 83.2 Å². The van der Waals surface area contributed by atoms with Gasteiger partial charge in [0.15, 0.2) is 0 Å². The third kappa shape index (κ3) is 10.1. The first-order valence-corrected chi connectivity index (χ1v) is 10.6. The van der Waals surface area contributed by atoms with Crippen molar-refractivity contribution >= 4 is 18.9 Å². The van der Waals surface area contributed by atoms with Gasteiger partial charge in [0.1, 0.15) is 0 Å². The topological polar surface area (TPSA) is 136 Å². The molecular formula is C21H35N5O6. The van der Waals surface area contributed by atoms with Crippen LogP contribution in [-0.4, -0.2) is 113 Å². The highest BCUT2D eigenvalue weighted by atomic mass is 16.5. The fraction of sp³-hybridized carbons (Fsp3) is 0.667. The third-order valence-electron chi connectivity index (χ3n) is 5.35. The van der Waals surface area contributed by atoms with E-state index in [4.69, 9.17) is 24.5 Å². The Balaban J connectivity index is 0.000000769. The zero-order chi connectivity index (χ0) is 23.8. The zero-order valence-corrected chi connectivity index (χ0v) is 18.9. The summed E-state index contributed by atoms with van der Waals surface area (Å²) in [6.45, 7) is 9.39. The number of likely N-dealkylation sites (tertiary alicyclic amines) is 1. The number of carbonyl (C=O) groups is 3. The number of nitrogens with zero attached hydrogens (tertiary/aromatic N) is 5. The van der Waals surface area contributed by atoms with Gasteiger partial charge >= 0.3 is 0 Å². The molecule has 2 N–H and O–H groups in total. The van der Waals surface area contributed by atoms with E-state index < -0.39 is 0 Å². The minimum Gasteiger partial charge on any atom is -0.483 e. The van der Waals surface area contributed by atoms with E-state index in [2.05, 4.69) is 24.7 Å². The molecule has 0 saturated carbocycles. The van der Waals surface area contributed by atoms with Gasteiger partial charge in [-0.25, -0.2) is 0 Å². The first-order valence-electron chi connectivity index (χ1n) is 10.6.